The molecular formula is C14H13N3S. The number of benzene rings is 1. The molecule has 0 aliphatic heterocycles. The molecule has 2 aromatic heterocycles. The number of hydrogen-bond donors (Lipinski definition) is 0. The van der Waals surface area contributed by atoms with Crippen molar-refractivity contribution >= 4 is 22.8 Å². The normalized spacial score (nSPS) is 10.9. The van der Waals surface area contributed by atoms with Gasteiger partial charge in [-0.3, -0.25) is 4.98 Å². The molecule has 0 bridgehead atoms. The average Bonchev–Trinajstić information content (AvgIpc) is 2.92. The first-order valence-electron chi connectivity index (χ1n) is 5.87. The van der Waals surface area contributed by atoms with Crippen LogP contribution >= 0.6 is 11.8 Å². The van der Waals surface area contributed by atoms with E-state index in [4.69, 9.17) is 0 Å². The second-order valence-electron chi connectivity index (χ2n) is 3.97. The molecule has 0 aliphatic carbocycles. The molecule has 0 saturated carbocycles. The van der Waals surface area contributed by atoms with Crippen LogP contribution in [0.25, 0.3) is 11.0 Å². The van der Waals surface area contributed by atoms with Gasteiger partial charge >= 0.3 is 0 Å². The van der Waals surface area contributed by atoms with E-state index in [-0.39, 0.29) is 0 Å². The van der Waals surface area contributed by atoms with Crippen LogP contribution in [0.15, 0.2) is 60.0 Å². The minimum Gasteiger partial charge on any atom is -0.353 e. The molecule has 3 aromatic rings. The number of nitrogens with zero attached hydrogens (tertiary/aromatic N) is 3. The smallest absolute Gasteiger partial charge is 0.115 e. The molecule has 0 saturated heterocycles. The third-order valence-electron chi connectivity index (χ3n) is 2.69. The van der Waals surface area contributed by atoms with Crippen LogP contribution in [0.3, 0.4) is 0 Å². The minimum absolute atomic E-state index is 0.951. The van der Waals surface area contributed by atoms with E-state index in [1.807, 2.05) is 42.6 Å². The van der Waals surface area contributed by atoms with E-state index in [2.05, 4.69) is 26.9 Å². The number of para-hydroxylation sites is 2. The first-order chi connectivity index (χ1) is 8.92. The first-order valence-corrected chi connectivity index (χ1v) is 6.86. The molecule has 18 heavy (non-hydrogen) atoms. The van der Waals surface area contributed by atoms with E-state index in [1.54, 1.807) is 11.8 Å². The summed E-state index contributed by atoms with van der Waals surface area (Å²) < 4.78 is 2.17. The molecule has 0 atom stereocenters. The quantitative estimate of drug-likeness (QED) is 0.671. The zero-order chi connectivity index (χ0) is 12.2. The predicted octanol–water partition coefficient (Wildman–Crippen LogP) is 3.22. The molecule has 0 fully saturated rings. The van der Waals surface area contributed by atoms with Crippen LogP contribution in [-0.4, -0.2) is 20.3 Å². The van der Waals surface area contributed by atoms with Crippen molar-refractivity contribution in [2.24, 2.45) is 0 Å². The first kappa shape index (κ1) is 11.3. The standard InChI is InChI=1S/C14H13N3S/c1-2-6-13-12(5-1)15-11-14(16-13)18-10-9-17-7-3-4-8-17/h1-8,11H,9-10H2. The van der Waals surface area contributed by atoms with E-state index in [9.17, 15) is 0 Å². The molecule has 0 spiro atoms. The molecule has 4 heteroatoms. The van der Waals surface area contributed by atoms with Crippen molar-refractivity contribution in [3.63, 3.8) is 0 Å². The Balaban J connectivity index is 1.67. The van der Waals surface area contributed by atoms with Crippen molar-refractivity contribution in [2.75, 3.05) is 5.75 Å². The van der Waals surface area contributed by atoms with Gasteiger partial charge in [-0.2, -0.15) is 0 Å². The van der Waals surface area contributed by atoms with Crippen LogP contribution in [0, 0.1) is 0 Å². The Kier molecular flexibility index (Phi) is 3.28. The van der Waals surface area contributed by atoms with Crippen molar-refractivity contribution < 1.29 is 0 Å². The highest BCUT2D eigenvalue weighted by Crippen LogP contribution is 2.17. The Morgan fingerprint density at radius 1 is 1.00 bits per heavy atom. The fraction of sp³-hybridized carbons (Fsp3) is 0.143. The van der Waals surface area contributed by atoms with Crippen LogP contribution in [0.5, 0.6) is 0 Å². The maximum absolute atomic E-state index is 4.59. The monoisotopic (exact) mass is 255 g/mol. The Morgan fingerprint density at radius 2 is 1.78 bits per heavy atom. The van der Waals surface area contributed by atoms with Gasteiger partial charge in [-0.1, -0.05) is 12.1 Å². The van der Waals surface area contributed by atoms with Crippen molar-refractivity contribution in [1.29, 1.82) is 0 Å². The van der Waals surface area contributed by atoms with Gasteiger partial charge in [-0.05, 0) is 24.3 Å². The molecule has 0 N–H and O–H groups in total. The maximum Gasteiger partial charge on any atom is 0.115 e. The molecule has 2 heterocycles. The van der Waals surface area contributed by atoms with Gasteiger partial charge in [0.15, 0.2) is 0 Å². The highest BCUT2D eigenvalue weighted by Gasteiger charge is 1.99. The number of thioether (sulfide) groups is 1. The minimum atomic E-state index is 0.951. The summed E-state index contributed by atoms with van der Waals surface area (Å²) in [7, 11) is 0. The summed E-state index contributed by atoms with van der Waals surface area (Å²) >= 11 is 1.74. The van der Waals surface area contributed by atoms with Crippen LogP contribution in [0.1, 0.15) is 0 Å². The number of rotatable bonds is 4. The lowest BCUT2D eigenvalue weighted by atomic mass is 10.3. The predicted molar refractivity (Wildman–Crippen MR) is 74.7 cm³/mol. The molecule has 0 aliphatic rings. The van der Waals surface area contributed by atoms with Crippen LogP contribution in [0.4, 0.5) is 0 Å². The van der Waals surface area contributed by atoms with E-state index in [0.29, 0.717) is 0 Å². The Morgan fingerprint density at radius 3 is 2.61 bits per heavy atom. The third kappa shape index (κ3) is 2.54. The molecule has 0 radical (unpaired) electrons. The number of aromatic nitrogens is 3. The van der Waals surface area contributed by atoms with Gasteiger partial charge in [0.1, 0.15) is 5.03 Å². The number of aryl methyl sites for hydroxylation is 1. The van der Waals surface area contributed by atoms with Gasteiger partial charge in [0.25, 0.3) is 0 Å². The number of hydrogen-bond acceptors (Lipinski definition) is 3. The lowest BCUT2D eigenvalue weighted by Gasteiger charge is -2.03. The molecule has 3 rings (SSSR count). The summed E-state index contributed by atoms with van der Waals surface area (Å²) in [6, 6.07) is 12.0. The van der Waals surface area contributed by atoms with Crippen LogP contribution in [0.2, 0.25) is 0 Å². The molecule has 90 valence electrons. The van der Waals surface area contributed by atoms with Crippen molar-refractivity contribution in [3.05, 3.63) is 55.0 Å². The highest BCUT2D eigenvalue weighted by molar-refractivity contribution is 7.99. The van der Waals surface area contributed by atoms with Crippen LogP contribution < -0.4 is 0 Å². The van der Waals surface area contributed by atoms with Crippen molar-refractivity contribution in [1.82, 2.24) is 14.5 Å². The summed E-state index contributed by atoms with van der Waals surface area (Å²) in [5.74, 6) is 1.00. The Bertz CT molecular complexity index is 634. The molecule has 3 nitrogen and oxygen atoms in total. The third-order valence-corrected chi connectivity index (χ3v) is 3.57. The fourth-order valence-electron chi connectivity index (χ4n) is 1.78. The lowest BCUT2D eigenvalue weighted by molar-refractivity contribution is 0.778. The van der Waals surface area contributed by atoms with Crippen molar-refractivity contribution in [3.8, 4) is 0 Å². The van der Waals surface area contributed by atoms with E-state index in [1.165, 1.54) is 0 Å². The van der Waals surface area contributed by atoms with Gasteiger partial charge in [0.05, 0.1) is 17.2 Å². The zero-order valence-electron chi connectivity index (χ0n) is 9.86. The Labute approximate surface area is 110 Å². The maximum atomic E-state index is 4.59. The van der Waals surface area contributed by atoms with E-state index >= 15 is 0 Å². The topological polar surface area (TPSA) is 30.7 Å². The Hall–Kier alpha value is -1.81. The van der Waals surface area contributed by atoms with Gasteiger partial charge in [0.2, 0.25) is 0 Å². The SMILES string of the molecule is c1ccc2nc(SCCn3cccc3)cnc2c1. The summed E-state index contributed by atoms with van der Waals surface area (Å²) in [4.78, 5) is 8.99. The summed E-state index contributed by atoms with van der Waals surface area (Å²) in [5, 5.41) is 0.987. The number of fused-ring (bicyclic) bond motifs is 1. The largest absolute Gasteiger partial charge is 0.353 e. The van der Waals surface area contributed by atoms with Gasteiger partial charge in [-0.15, -0.1) is 11.8 Å². The van der Waals surface area contributed by atoms with Gasteiger partial charge < -0.3 is 4.57 Å². The zero-order valence-corrected chi connectivity index (χ0v) is 10.7. The van der Waals surface area contributed by atoms with Gasteiger partial charge in [0, 0.05) is 24.7 Å². The fourth-order valence-corrected chi connectivity index (χ4v) is 2.59. The molecule has 0 unspecified atom stereocenters. The second-order valence-corrected chi connectivity index (χ2v) is 5.08. The van der Waals surface area contributed by atoms with E-state index in [0.717, 1.165) is 28.4 Å². The average molecular weight is 255 g/mol. The summed E-state index contributed by atoms with van der Waals surface area (Å²) in [6.45, 7) is 0.992. The van der Waals surface area contributed by atoms with Crippen molar-refractivity contribution in [2.45, 2.75) is 11.6 Å². The molecule has 1 aromatic carbocycles. The summed E-state index contributed by atoms with van der Waals surface area (Å²) in [6.07, 6.45) is 6.00. The molecule has 0 amide bonds. The van der Waals surface area contributed by atoms with E-state index < -0.39 is 0 Å². The van der Waals surface area contributed by atoms with Gasteiger partial charge in [-0.25, -0.2) is 4.98 Å². The second kappa shape index (κ2) is 5.23. The molecular weight excluding hydrogens is 242 g/mol. The lowest BCUT2D eigenvalue weighted by Crippen LogP contribution is -1.97. The summed E-state index contributed by atoms with van der Waals surface area (Å²) in [5.41, 5.74) is 1.91. The van der Waals surface area contributed by atoms with Crippen LogP contribution in [-0.2, 0) is 6.54 Å². The highest BCUT2D eigenvalue weighted by atomic mass is 32.2.